The minimum Gasteiger partial charge on any atom is -0.306 e. The summed E-state index contributed by atoms with van der Waals surface area (Å²) in [6.45, 7) is 10.5. The lowest BCUT2D eigenvalue weighted by atomic mass is 9.90. The molecule has 2 atom stereocenters. The van der Waals surface area contributed by atoms with Crippen molar-refractivity contribution in [2.24, 2.45) is 11.8 Å². The fraction of sp³-hybridized carbons (Fsp3) is 0.611. The van der Waals surface area contributed by atoms with Crippen molar-refractivity contribution in [2.75, 3.05) is 13.1 Å². The van der Waals surface area contributed by atoms with E-state index < -0.39 is 0 Å². The van der Waals surface area contributed by atoms with Crippen LogP contribution in [-0.4, -0.2) is 34.7 Å². The van der Waals surface area contributed by atoms with Crippen LogP contribution in [0.15, 0.2) is 82.6 Å². The first-order valence-electron chi connectivity index (χ1n) is 33.4. The number of fused-ring (bicyclic) bond motifs is 2. The Labute approximate surface area is 521 Å². The topological polar surface area (TPSA) is 40.6 Å². The van der Waals surface area contributed by atoms with E-state index in [1.807, 2.05) is 22.7 Å². The molecule has 0 radical (unpaired) electrons. The second-order valence-electron chi connectivity index (χ2n) is 24.2. The van der Waals surface area contributed by atoms with Crippen molar-refractivity contribution in [3.05, 3.63) is 92.3 Å². The normalized spacial score (nSPS) is 14.5. The first-order valence-corrected chi connectivity index (χ1v) is 38.4. The first kappa shape index (κ1) is 64.9. The number of unbranched alkanes of at least 4 members (excludes halogenated alkanes) is 24. The zero-order valence-corrected chi connectivity index (χ0v) is 56.0. The molecule has 10 heteroatoms. The van der Waals surface area contributed by atoms with Gasteiger partial charge in [-0.25, -0.2) is 0 Å². The first-order chi connectivity index (χ1) is 40.4. The van der Waals surface area contributed by atoms with Gasteiger partial charge in [0.2, 0.25) is 0 Å². The van der Waals surface area contributed by atoms with Gasteiger partial charge in [-0.2, -0.15) is 0 Å². The van der Waals surface area contributed by atoms with E-state index in [0.29, 0.717) is 36.1 Å². The number of carbonyl (C=O) groups excluding carboxylic acids is 2. The maximum atomic E-state index is 15.8. The van der Waals surface area contributed by atoms with E-state index in [-0.39, 0.29) is 11.8 Å². The molecule has 6 aromatic heterocycles. The molecule has 0 saturated heterocycles. The van der Waals surface area contributed by atoms with Gasteiger partial charge in [-0.15, -0.1) is 68.0 Å². The van der Waals surface area contributed by atoms with E-state index >= 15 is 9.59 Å². The summed E-state index contributed by atoms with van der Waals surface area (Å²) in [5.41, 5.74) is 3.02. The lowest BCUT2D eigenvalue weighted by Crippen LogP contribution is -2.31. The molecule has 2 amide bonds. The standard InChI is InChI=1S/C72H102N2O2S6/c1-5-9-13-17-21-23-27-31-39-55(37-29-25-19-15-11-7-3)41-33-49-73-69(61-47-45-59(79-61)57-43-35-51-77-57)67-68(72(73)76)70(62-48-46-60(80-62)64-54-66-65(82-64)53-63(81-66)58-44-36-52-78-58)74(71(67)75)50-34-42-56(38-30-26-20-16-12-8-4)40-32-28-24-22-18-14-10-6-2/h35-36,43-48,51-56H,5-34,37-42,49-50H2,1-4H3. The number of amides is 2. The predicted octanol–water partition coefficient (Wildman–Crippen LogP) is 25.4. The molecule has 0 saturated carbocycles. The Kier molecular flexibility index (Phi) is 28.6. The van der Waals surface area contributed by atoms with Crippen molar-refractivity contribution >= 4 is 101 Å². The summed E-state index contributed by atoms with van der Waals surface area (Å²) in [6, 6.07) is 22.3. The van der Waals surface area contributed by atoms with Crippen LogP contribution in [0.3, 0.4) is 0 Å². The van der Waals surface area contributed by atoms with E-state index in [9.17, 15) is 0 Å². The van der Waals surface area contributed by atoms with Gasteiger partial charge in [0, 0.05) is 51.8 Å². The third-order valence-electron chi connectivity index (χ3n) is 17.7. The number of carbonyl (C=O) groups is 2. The van der Waals surface area contributed by atoms with E-state index in [1.165, 1.54) is 244 Å². The number of hydrogen-bond acceptors (Lipinski definition) is 8. The predicted molar refractivity (Wildman–Crippen MR) is 367 cm³/mol. The number of nitrogens with zero attached hydrogens (tertiary/aromatic N) is 2. The van der Waals surface area contributed by atoms with Gasteiger partial charge in [0.1, 0.15) is 0 Å². The summed E-state index contributed by atoms with van der Waals surface area (Å²) in [5.74, 6) is 1.41. The van der Waals surface area contributed by atoms with E-state index in [0.717, 1.165) is 46.8 Å². The molecule has 8 heterocycles. The molecule has 0 fully saturated rings. The van der Waals surface area contributed by atoms with Gasteiger partial charge >= 0.3 is 0 Å². The SMILES string of the molecule is CCCCCCCCCCC(CCCCCCCC)CCCN1C(=O)C2=C(c3ccc(-c4cc5sc(-c6cccs6)cc5s4)s3)N(CCCC(CCCCCCCC)CCCCCCCCCC)C(=O)C2=C1c1ccc(-c2cccs2)s1. The fourth-order valence-electron chi connectivity index (χ4n) is 12.9. The molecule has 0 aromatic carbocycles. The number of rotatable bonds is 45. The molecular formula is C72H102N2O2S6. The molecule has 4 nitrogen and oxygen atoms in total. The zero-order valence-electron chi connectivity index (χ0n) is 51.1. The quantitative estimate of drug-likeness (QED) is 0.0358. The molecule has 2 aliphatic heterocycles. The van der Waals surface area contributed by atoms with E-state index in [4.69, 9.17) is 0 Å². The number of thiophene rings is 6. The van der Waals surface area contributed by atoms with Crippen LogP contribution in [0.25, 0.3) is 50.1 Å². The van der Waals surface area contributed by atoms with Gasteiger partial charge < -0.3 is 9.80 Å². The van der Waals surface area contributed by atoms with Crippen molar-refractivity contribution in [3.63, 3.8) is 0 Å². The van der Waals surface area contributed by atoms with Crippen LogP contribution in [0, 0.1) is 11.8 Å². The third-order valence-corrected chi connectivity index (χ3v) is 24.5. The second kappa shape index (κ2) is 36.1. The Balaban J connectivity index is 1.06. The molecule has 0 spiro atoms. The maximum absolute atomic E-state index is 15.8. The molecule has 2 aliphatic rings. The van der Waals surface area contributed by atoms with Crippen LogP contribution in [0.1, 0.15) is 269 Å². The van der Waals surface area contributed by atoms with Crippen molar-refractivity contribution in [2.45, 2.75) is 259 Å². The highest BCUT2D eigenvalue weighted by molar-refractivity contribution is 7.33. The Morgan fingerprint density at radius 2 is 0.634 bits per heavy atom. The van der Waals surface area contributed by atoms with Crippen molar-refractivity contribution in [1.82, 2.24) is 9.80 Å². The van der Waals surface area contributed by atoms with Crippen LogP contribution < -0.4 is 0 Å². The molecule has 2 unspecified atom stereocenters. The minimum atomic E-state index is 0.0285. The Bertz CT molecular complexity index is 2780. The molecule has 0 aliphatic carbocycles. The molecule has 6 aromatic rings. The van der Waals surface area contributed by atoms with Crippen LogP contribution in [0.2, 0.25) is 0 Å². The summed E-state index contributed by atoms with van der Waals surface area (Å²) in [6.07, 6.45) is 46.9. The smallest absolute Gasteiger partial charge is 0.261 e. The molecular weight excluding hydrogens is 1120 g/mol. The average Bonchev–Trinajstić information content (AvgIpc) is 4.33. The maximum Gasteiger partial charge on any atom is 0.261 e. The molecule has 0 bridgehead atoms. The second-order valence-corrected chi connectivity index (χ2v) is 30.5. The zero-order chi connectivity index (χ0) is 57.1. The summed E-state index contributed by atoms with van der Waals surface area (Å²) in [4.78, 5) is 45.4. The van der Waals surface area contributed by atoms with Crippen LogP contribution in [-0.2, 0) is 9.59 Å². The Morgan fingerprint density at radius 1 is 0.329 bits per heavy atom. The monoisotopic (exact) mass is 1220 g/mol. The van der Waals surface area contributed by atoms with Gasteiger partial charge in [-0.1, -0.05) is 245 Å². The van der Waals surface area contributed by atoms with E-state index in [2.05, 4.69) is 109 Å². The largest absolute Gasteiger partial charge is 0.306 e. The average molecular weight is 1220 g/mol. The highest BCUT2D eigenvalue weighted by Gasteiger charge is 2.49. The van der Waals surface area contributed by atoms with Gasteiger partial charge in [0.05, 0.1) is 32.3 Å². The van der Waals surface area contributed by atoms with Gasteiger partial charge in [-0.05, 0) is 96.8 Å². The molecule has 82 heavy (non-hydrogen) atoms. The lowest BCUT2D eigenvalue weighted by molar-refractivity contribution is -0.124. The molecule has 448 valence electrons. The van der Waals surface area contributed by atoms with Gasteiger partial charge in [0.25, 0.3) is 11.8 Å². The summed E-state index contributed by atoms with van der Waals surface area (Å²) in [7, 11) is 0. The lowest BCUT2D eigenvalue weighted by Gasteiger charge is -2.26. The fourth-order valence-corrected chi connectivity index (χ4v) is 19.2. The minimum absolute atomic E-state index is 0.0285. The molecule has 0 N–H and O–H groups in total. The van der Waals surface area contributed by atoms with Crippen molar-refractivity contribution in [3.8, 4) is 29.3 Å². The third kappa shape index (κ3) is 18.9. The molecule has 8 rings (SSSR count). The Morgan fingerprint density at radius 3 is 0.988 bits per heavy atom. The van der Waals surface area contributed by atoms with Crippen molar-refractivity contribution < 1.29 is 9.59 Å². The van der Waals surface area contributed by atoms with Gasteiger partial charge in [0.15, 0.2) is 0 Å². The van der Waals surface area contributed by atoms with Gasteiger partial charge in [-0.3, -0.25) is 9.59 Å². The summed E-state index contributed by atoms with van der Waals surface area (Å²) < 4.78 is 2.64. The van der Waals surface area contributed by atoms with Crippen LogP contribution in [0.5, 0.6) is 0 Å². The van der Waals surface area contributed by atoms with Crippen LogP contribution >= 0.6 is 68.0 Å². The summed E-state index contributed by atoms with van der Waals surface area (Å²) in [5, 5.41) is 4.31. The number of hydrogen-bond donors (Lipinski definition) is 0. The van der Waals surface area contributed by atoms with Crippen molar-refractivity contribution in [1.29, 1.82) is 0 Å². The highest BCUT2D eigenvalue weighted by Crippen LogP contribution is 2.52. The summed E-state index contributed by atoms with van der Waals surface area (Å²) >= 11 is 10.8. The van der Waals surface area contributed by atoms with Crippen LogP contribution in [0.4, 0.5) is 0 Å². The highest BCUT2D eigenvalue weighted by atomic mass is 32.1. The Hall–Kier alpha value is -3.12. The van der Waals surface area contributed by atoms with E-state index in [1.54, 1.807) is 45.3 Å².